The van der Waals surface area contributed by atoms with E-state index in [0.29, 0.717) is 17.2 Å². The largest absolute Gasteiger partial charge is 0.493 e. The highest BCUT2D eigenvalue weighted by Gasteiger charge is 2.11. The number of carbonyl (C=O) groups excluding carboxylic acids is 1. The van der Waals surface area contributed by atoms with E-state index in [0.717, 1.165) is 11.1 Å². The first kappa shape index (κ1) is 18.8. The van der Waals surface area contributed by atoms with Crippen LogP contribution in [0, 0.1) is 11.3 Å². The molecule has 2 rings (SSSR count). The number of methoxy groups -OCH3 is 2. The van der Waals surface area contributed by atoms with Crippen molar-refractivity contribution in [1.82, 2.24) is 0 Å². The molecule has 0 aliphatic rings. The van der Waals surface area contributed by atoms with E-state index in [9.17, 15) is 10.1 Å². The average molecular weight is 348 g/mol. The third-order valence-electron chi connectivity index (χ3n) is 3.57. The summed E-state index contributed by atoms with van der Waals surface area (Å²) in [6.07, 6.45) is 3.46. The lowest BCUT2D eigenvalue weighted by atomic mass is 10.1. The van der Waals surface area contributed by atoms with E-state index < -0.39 is 5.91 Å². The lowest BCUT2D eigenvalue weighted by Crippen LogP contribution is -2.13. The quantitative estimate of drug-likeness (QED) is 0.482. The Kier molecular flexibility index (Phi) is 6.58. The van der Waals surface area contributed by atoms with Crippen LogP contribution >= 0.6 is 0 Å². The minimum absolute atomic E-state index is 0.0180. The molecule has 0 heterocycles. The van der Waals surface area contributed by atoms with Crippen LogP contribution in [0.4, 0.5) is 5.69 Å². The second-order valence-electron chi connectivity index (χ2n) is 5.49. The average Bonchev–Trinajstić information content (AvgIpc) is 2.66. The molecule has 0 atom stereocenters. The Morgan fingerprint density at radius 3 is 2.38 bits per heavy atom. The molecule has 2 aromatic carbocycles. The number of nitrogens with zero attached hydrogens (tertiary/aromatic N) is 1. The number of hydrogen-bond acceptors (Lipinski definition) is 4. The molecule has 26 heavy (non-hydrogen) atoms. The zero-order valence-corrected chi connectivity index (χ0v) is 14.9. The number of carbonyl (C=O) groups is 1. The maximum atomic E-state index is 12.4. The molecule has 1 N–H and O–H groups in total. The number of nitriles is 1. The van der Waals surface area contributed by atoms with Crippen molar-refractivity contribution >= 4 is 17.7 Å². The first-order valence-electron chi connectivity index (χ1n) is 7.96. The van der Waals surface area contributed by atoms with Crippen LogP contribution in [-0.4, -0.2) is 20.1 Å². The standard InChI is InChI=1S/C21H20N2O3/c1-15(11-16-7-5-4-6-8-16)12-17(14-22)21(24)23-18-9-10-19(25-2)20(13-18)26-3/h4-13H,1-3H3,(H,23,24)/b15-11+,17-12+. The van der Waals surface area contributed by atoms with Crippen molar-refractivity contribution in [3.05, 3.63) is 71.3 Å². The molecule has 5 heteroatoms. The summed E-state index contributed by atoms with van der Waals surface area (Å²) in [5.41, 5.74) is 2.33. The molecule has 0 aliphatic carbocycles. The highest BCUT2D eigenvalue weighted by Crippen LogP contribution is 2.29. The normalized spacial score (nSPS) is 11.5. The molecule has 0 aromatic heterocycles. The van der Waals surface area contributed by atoms with Crippen LogP contribution in [0.1, 0.15) is 12.5 Å². The SMILES string of the molecule is COc1ccc(NC(=O)/C(C#N)=C/C(C)=C/c2ccccc2)cc1OC. The van der Waals surface area contributed by atoms with Gasteiger partial charge in [0.15, 0.2) is 11.5 Å². The highest BCUT2D eigenvalue weighted by atomic mass is 16.5. The van der Waals surface area contributed by atoms with E-state index >= 15 is 0 Å². The molecule has 132 valence electrons. The van der Waals surface area contributed by atoms with Crippen molar-refractivity contribution in [3.8, 4) is 17.6 Å². The van der Waals surface area contributed by atoms with Gasteiger partial charge in [-0.3, -0.25) is 4.79 Å². The molecule has 0 unspecified atom stereocenters. The molecule has 0 radical (unpaired) electrons. The first-order valence-corrected chi connectivity index (χ1v) is 7.96. The predicted octanol–water partition coefficient (Wildman–Crippen LogP) is 4.20. The van der Waals surface area contributed by atoms with Gasteiger partial charge in [-0.25, -0.2) is 0 Å². The van der Waals surface area contributed by atoms with E-state index in [1.165, 1.54) is 14.2 Å². The van der Waals surface area contributed by atoms with Crippen LogP contribution in [0.15, 0.2) is 65.8 Å². The van der Waals surface area contributed by atoms with Crippen LogP contribution in [0.25, 0.3) is 6.08 Å². The van der Waals surface area contributed by atoms with Crippen LogP contribution in [0.5, 0.6) is 11.5 Å². The van der Waals surface area contributed by atoms with Gasteiger partial charge in [0.1, 0.15) is 11.6 Å². The number of hydrogen-bond donors (Lipinski definition) is 1. The summed E-state index contributed by atoms with van der Waals surface area (Å²) < 4.78 is 10.4. The summed E-state index contributed by atoms with van der Waals surface area (Å²) in [7, 11) is 3.05. The van der Waals surface area contributed by atoms with Crippen LogP contribution in [0.2, 0.25) is 0 Å². The van der Waals surface area contributed by atoms with Crippen molar-refractivity contribution in [2.75, 3.05) is 19.5 Å². The van der Waals surface area contributed by atoms with Crippen molar-refractivity contribution in [1.29, 1.82) is 5.26 Å². The summed E-state index contributed by atoms with van der Waals surface area (Å²) >= 11 is 0. The first-order chi connectivity index (χ1) is 12.6. The van der Waals surface area contributed by atoms with Crippen molar-refractivity contribution < 1.29 is 14.3 Å². The van der Waals surface area contributed by atoms with E-state index in [1.807, 2.05) is 49.4 Å². The van der Waals surface area contributed by atoms with E-state index in [4.69, 9.17) is 9.47 Å². The minimum atomic E-state index is -0.486. The summed E-state index contributed by atoms with van der Waals surface area (Å²) in [6.45, 7) is 1.84. The fourth-order valence-electron chi connectivity index (χ4n) is 2.34. The molecule has 0 fully saturated rings. The monoisotopic (exact) mass is 348 g/mol. The third kappa shape index (κ3) is 4.99. The smallest absolute Gasteiger partial charge is 0.266 e. The van der Waals surface area contributed by atoms with E-state index in [2.05, 4.69) is 5.32 Å². The van der Waals surface area contributed by atoms with E-state index in [-0.39, 0.29) is 5.57 Å². The van der Waals surface area contributed by atoms with Gasteiger partial charge < -0.3 is 14.8 Å². The third-order valence-corrected chi connectivity index (χ3v) is 3.57. The molecular weight excluding hydrogens is 328 g/mol. The number of rotatable bonds is 6. The van der Waals surface area contributed by atoms with Gasteiger partial charge in [-0.15, -0.1) is 0 Å². The lowest BCUT2D eigenvalue weighted by molar-refractivity contribution is -0.112. The van der Waals surface area contributed by atoms with Gasteiger partial charge in [-0.1, -0.05) is 36.4 Å². The second kappa shape index (κ2) is 9.09. The van der Waals surface area contributed by atoms with Crippen LogP contribution in [0.3, 0.4) is 0 Å². The second-order valence-corrected chi connectivity index (χ2v) is 5.49. The number of anilines is 1. The summed E-state index contributed by atoms with van der Waals surface area (Å²) in [5.74, 6) is 0.566. The fourth-order valence-corrected chi connectivity index (χ4v) is 2.34. The van der Waals surface area contributed by atoms with Crippen molar-refractivity contribution in [3.63, 3.8) is 0 Å². The number of nitrogens with one attached hydrogen (secondary N) is 1. The van der Waals surface area contributed by atoms with Gasteiger partial charge in [-0.05, 0) is 36.3 Å². The highest BCUT2D eigenvalue weighted by molar-refractivity contribution is 6.07. The minimum Gasteiger partial charge on any atom is -0.493 e. The zero-order chi connectivity index (χ0) is 18.9. The Balaban J connectivity index is 2.18. The Morgan fingerprint density at radius 1 is 1.08 bits per heavy atom. The van der Waals surface area contributed by atoms with Crippen molar-refractivity contribution in [2.45, 2.75) is 6.92 Å². The summed E-state index contributed by atoms with van der Waals surface area (Å²) in [4.78, 5) is 12.4. The van der Waals surface area contributed by atoms with Crippen LogP contribution < -0.4 is 14.8 Å². The number of allylic oxidation sites excluding steroid dienone is 2. The predicted molar refractivity (Wildman–Crippen MR) is 102 cm³/mol. The van der Waals surface area contributed by atoms with Crippen molar-refractivity contribution in [2.24, 2.45) is 0 Å². The molecule has 0 saturated carbocycles. The Bertz CT molecular complexity index is 878. The van der Waals surface area contributed by atoms with E-state index in [1.54, 1.807) is 24.3 Å². The number of ether oxygens (including phenoxy) is 2. The molecule has 2 aromatic rings. The molecule has 1 amide bonds. The number of amides is 1. The molecule has 0 saturated heterocycles. The maximum absolute atomic E-state index is 12.4. The molecule has 0 aliphatic heterocycles. The Morgan fingerprint density at radius 2 is 1.77 bits per heavy atom. The molecule has 5 nitrogen and oxygen atoms in total. The van der Waals surface area contributed by atoms with Gasteiger partial charge in [-0.2, -0.15) is 5.26 Å². The van der Waals surface area contributed by atoms with Gasteiger partial charge in [0.2, 0.25) is 0 Å². The van der Waals surface area contributed by atoms with Gasteiger partial charge in [0.05, 0.1) is 14.2 Å². The van der Waals surface area contributed by atoms with Gasteiger partial charge >= 0.3 is 0 Å². The summed E-state index contributed by atoms with van der Waals surface area (Å²) in [6, 6.07) is 16.6. The Labute approximate surface area is 153 Å². The topological polar surface area (TPSA) is 71.3 Å². The lowest BCUT2D eigenvalue weighted by Gasteiger charge is -2.10. The van der Waals surface area contributed by atoms with Crippen LogP contribution in [-0.2, 0) is 4.79 Å². The Hall–Kier alpha value is -3.52. The molecule has 0 bridgehead atoms. The molecular formula is C21H20N2O3. The zero-order valence-electron chi connectivity index (χ0n) is 14.9. The van der Waals surface area contributed by atoms with Gasteiger partial charge in [0, 0.05) is 11.8 Å². The maximum Gasteiger partial charge on any atom is 0.266 e. The number of benzene rings is 2. The van der Waals surface area contributed by atoms with Gasteiger partial charge in [0.25, 0.3) is 5.91 Å². The summed E-state index contributed by atoms with van der Waals surface area (Å²) in [5, 5.41) is 12.0. The fraction of sp³-hybridized carbons (Fsp3) is 0.143. The molecule has 0 spiro atoms.